The largest absolute Gasteiger partial charge is 0.257 e. The first-order chi connectivity index (χ1) is 9.38. The fourth-order valence-electron chi connectivity index (χ4n) is 1.64. The van der Waals surface area contributed by atoms with E-state index >= 15 is 0 Å². The van der Waals surface area contributed by atoms with E-state index in [4.69, 9.17) is 0 Å². The molecule has 0 spiro atoms. The first-order valence-electron chi connectivity index (χ1n) is 5.76. The topological polar surface area (TPSA) is 59.1 Å². The van der Waals surface area contributed by atoms with Gasteiger partial charge in [-0.2, -0.15) is 0 Å². The van der Waals surface area contributed by atoms with E-state index in [2.05, 4.69) is 25.6 Å². The van der Waals surface area contributed by atoms with Crippen LogP contribution in [-0.4, -0.2) is 13.4 Å². The van der Waals surface area contributed by atoms with Gasteiger partial charge >= 0.3 is 0 Å². The molecule has 0 fully saturated rings. The van der Waals surface area contributed by atoms with Crippen LogP contribution in [0, 0.1) is 12.7 Å². The highest BCUT2D eigenvalue weighted by atomic mass is 79.9. The monoisotopic (exact) mass is 358 g/mol. The van der Waals surface area contributed by atoms with Gasteiger partial charge in [-0.25, -0.2) is 17.5 Å². The van der Waals surface area contributed by atoms with E-state index in [1.807, 2.05) is 13.0 Å². The summed E-state index contributed by atoms with van der Waals surface area (Å²) in [5.41, 5.74) is 1.43. The Balaban J connectivity index is 2.19. The summed E-state index contributed by atoms with van der Waals surface area (Å²) in [5, 5.41) is 0. The van der Waals surface area contributed by atoms with Gasteiger partial charge in [-0.05, 0) is 53.2 Å². The third kappa shape index (κ3) is 3.62. The second-order valence-electron chi connectivity index (χ2n) is 4.17. The Morgan fingerprint density at radius 2 is 2.05 bits per heavy atom. The highest BCUT2D eigenvalue weighted by Gasteiger charge is 2.17. The minimum Gasteiger partial charge on any atom is -0.257 e. The lowest BCUT2D eigenvalue weighted by Crippen LogP contribution is -2.24. The second kappa shape index (κ2) is 5.99. The van der Waals surface area contributed by atoms with Gasteiger partial charge in [0, 0.05) is 10.2 Å². The van der Waals surface area contributed by atoms with Crippen LogP contribution in [0.1, 0.15) is 11.4 Å². The van der Waals surface area contributed by atoms with E-state index in [0.717, 1.165) is 17.8 Å². The smallest absolute Gasteiger partial charge is 0.242 e. The molecule has 0 aliphatic carbocycles. The minimum absolute atomic E-state index is 0.00782. The van der Waals surface area contributed by atoms with Crippen molar-refractivity contribution in [1.29, 1.82) is 0 Å². The second-order valence-corrected chi connectivity index (χ2v) is 6.76. The Hall–Kier alpha value is -1.31. The van der Waals surface area contributed by atoms with E-state index in [9.17, 15) is 12.8 Å². The summed E-state index contributed by atoms with van der Waals surface area (Å²) in [5.74, 6) is -0.504. The molecule has 0 amide bonds. The predicted molar refractivity (Wildman–Crippen MR) is 77.1 cm³/mol. The normalized spacial score (nSPS) is 11.6. The van der Waals surface area contributed by atoms with Gasteiger partial charge in [0.15, 0.2) is 0 Å². The van der Waals surface area contributed by atoms with Crippen LogP contribution in [0.4, 0.5) is 4.39 Å². The Bertz CT molecular complexity index is 735. The van der Waals surface area contributed by atoms with Crippen molar-refractivity contribution in [2.45, 2.75) is 18.4 Å². The van der Waals surface area contributed by atoms with Crippen LogP contribution < -0.4 is 4.72 Å². The zero-order valence-electron chi connectivity index (χ0n) is 10.6. The van der Waals surface area contributed by atoms with Gasteiger partial charge in [0.2, 0.25) is 10.0 Å². The van der Waals surface area contributed by atoms with Crippen molar-refractivity contribution in [3.63, 3.8) is 0 Å². The van der Waals surface area contributed by atoms with Crippen molar-refractivity contribution in [2.75, 3.05) is 0 Å². The van der Waals surface area contributed by atoms with Crippen molar-refractivity contribution in [3.8, 4) is 0 Å². The molecule has 2 aromatic rings. The number of pyridine rings is 1. The van der Waals surface area contributed by atoms with Gasteiger partial charge in [-0.15, -0.1) is 0 Å². The molecular weight excluding hydrogens is 347 g/mol. The molecule has 4 nitrogen and oxygen atoms in total. The number of nitrogens with one attached hydrogen (secondary N) is 1. The molecule has 0 unspecified atom stereocenters. The number of rotatable bonds is 4. The lowest BCUT2D eigenvalue weighted by Gasteiger charge is -2.08. The van der Waals surface area contributed by atoms with E-state index < -0.39 is 15.8 Å². The molecule has 1 heterocycles. The SMILES string of the molecule is Cc1cccc(CNS(=O)(=O)c2ccc(F)cc2Br)n1. The molecule has 0 saturated carbocycles. The summed E-state index contributed by atoms with van der Waals surface area (Å²) in [6, 6.07) is 8.79. The molecule has 0 bridgehead atoms. The van der Waals surface area contributed by atoms with Gasteiger partial charge in [0.05, 0.1) is 17.1 Å². The number of hydrogen-bond acceptors (Lipinski definition) is 3. The van der Waals surface area contributed by atoms with Gasteiger partial charge in [0.1, 0.15) is 5.82 Å². The summed E-state index contributed by atoms with van der Waals surface area (Å²) in [6.45, 7) is 1.91. The summed E-state index contributed by atoms with van der Waals surface area (Å²) in [7, 11) is -3.72. The highest BCUT2D eigenvalue weighted by Crippen LogP contribution is 2.22. The maximum Gasteiger partial charge on any atom is 0.242 e. The zero-order valence-corrected chi connectivity index (χ0v) is 13.0. The van der Waals surface area contributed by atoms with E-state index in [-0.39, 0.29) is 15.9 Å². The van der Waals surface area contributed by atoms with Crippen LogP contribution in [0.15, 0.2) is 45.8 Å². The summed E-state index contributed by atoms with van der Waals surface area (Å²) in [6.07, 6.45) is 0. The average molecular weight is 359 g/mol. The van der Waals surface area contributed by atoms with Crippen LogP contribution in [-0.2, 0) is 16.6 Å². The number of aromatic nitrogens is 1. The molecule has 106 valence electrons. The Kier molecular flexibility index (Phi) is 4.52. The quantitative estimate of drug-likeness (QED) is 0.913. The van der Waals surface area contributed by atoms with Crippen LogP contribution in [0.2, 0.25) is 0 Å². The maximum atomic E-state index is 13.0. The molecular formula is C13H12BrFN2O2S. The number of sulfonamides is 1. The lowest BCUT2D eigenvalue weighted by atomic mass is 10.3. The molecule has 1 N–H and O–H groups in total. The Morgan fingerprint density at radius 1 is 1.30 bits per heavy atom. The molecule has 1 aromatic heterocycles. The number of nitrogens with zero attached hydrogens (tertiary/aromatic N) is 1. The van der Waals surface area contributed by atoms with Crippen LogP contribution >= 0.6 is 15.9 Å². The van der Waals surface area contributed by atoms with Gasteiger partial charge in [0.25, 0.3) is 0 Å². The standard InChI is InChI=1S/C13H12BrFN2O2S/c1-9-3-2-4-11(17-9)8-16-20(18,19)13-6-5-10(15)7-12(13)14/h2-7,16H,8H2,1H3. The molecule has 0 radical (unpaired) electrons. The molecule has 0 aliphatic heterocycles. The molecule has 1 aromatic carbocycles. The number of benzene rings is 1. The fraction of sp³-hybridized carbons (Fsp3) is 0.154. The van der Waals surface area contributed by atoms with Crippen molar-refractivity contribution in [2.24, 2.45) is 0 Å². The summed E-state index contributed by atoms with van der Waals surface area (Å²) < 4.78 is 39.9. The number of hydrogen-bond donors (Lipinski definition) is 1. The first kappa shape index (κ1) is 15.1. The molecule has 7 heteroatoms. The lowest BCUT2D eigenvalue weighted by molar-refractivity contribution is 0.578. The van der Waals surface area contributed by atoms with Crippen molar-refractivity contribution < 1.29 is 12.8 Å². The van der Waals surface area contributed by atoms with Crippen molar-refractivity contribution in [1.82, 2.24) is 9.71 Å². The first-order valence-corrected chi connectivity index (χ1v) is 8.03. The van der Waals surface area contributed by atoms with Crippen LogP contribution in [0.3, 0.4) is 0 Å². The molecule has 0 atom stereocenters. The van der Waals surface area contributed by atoms with Crippen LogP contribution in [0.5, 0.6) is 0 Å². The van der Waals surface area contributed by atoms with Crippen molar-refractivity contribution >= 4 is 26.0 Å². The van der Waals surface area contributed by atoms with Crippen molar-refractivity contribution in [3.05, 3.63) is 58.1 Å². The molecule has 20 heavy (non-hydrogen) atoms. The zero-order chi connectivity index (χ0) is 14.8. The van der Waals surface area contributed by atoms with Gasteiger partial charge in [-0.3, -0.25) is 4.98 Å². The Labute approximate surface area is 125 Å². The Morgan fingerprint density at radius 3 is 2.70 bits per heavy atom. The van der Waals surface area contributed by atoms with Gasteiger partial charge in [-0.1, -0.05) is 6.07 Å². The van der Waals surface area contributed by atoms with E-state index in [1.54, 1.807) is 12.1 Å². The average Bonchev–Trinajstić information content (AvgIpc) is 2.36. The third-order valence-electron chi connectivity index (χ3n) is 2.57. The maximum absolute atomic E-state index is 13.0. The van der Waals surface area contributed by atoms with E-state index in [0.29, 0.717) is 5.69 Å². The molecule has 0 aliphatic rings. The third-order valence-corrected chi connectivity index (χ3v) is 4.95. The fourth-order valence-corrected chi connectivity index (χ4v) is 3.68. The molecule has 0 saturated heterocycles. The number of halogens is 2. The van der Waals surface area contributed by atoms with Gasteiger partial charge < -0.3 is 0 Å². The van der Waals surface area contributed by atoms with E-state index in [1.165, 1.54) is 6.07 Å². The highest BCUT2D eigenvalue weighted by molar-refractivity contribution is 9.10. The summed E-state index contributed by atoms with van der Waals surface area (Å²) >= 11 is 3.05. The van der Waals surface area contributed by atoms with Crippen LogP contribution in [0.25, 0.3) is 0 Å². The molecule has 2 rings (SSSR count). The minimum atomic E-state index is -3.72. The summed E-state index contributed by atoms with van der Waals surface area (Å²) in [4.78, 5) is 4.20. The number of aryl methyl sites for hydroxylation is 1. The predicted octanol–water partition coefficient (Wildman–Crippen LogP) is 2.77.